The fourth-order valence-corrected chi connectivity index (χ4v) is 8.92. The van der Waals surface area contributed by atoms with Crippen molar-refractivity contribution in [1.82, 2.24) is 25.8 Å². The number of carbonyl (C=O) groups is 3. The number of esters is 1. The third-order valence-corrected chi connectivity index (χ3v) is 12.9. The molecule has 0 radical (unpaired) electrons. The van der Waals surface area contributed by atoms with Gasteiger partial charge < -0.3 is 45.7 Å². The topological polar surface area (TPSA) is 203 Å². The number of H-pyrrole nitrogens is 1. The number of phenolic OH excluding ortho intramolecular Hbond substituents is 1. The molecule has 2 heterocycles. The van der Waals surface area contributed by atoms with Gasteiger partial charge in [0.1, 0.15) is 11.5 Å². The molecular formula is C53H57N5O9. The highest BCUT2D eigenvalue weighted by Crippen LogP contribution is 2.34. The summed E-state index contributed by atoms with van der Waals surface area (Å²) in [6.07, 6.45) is 1.97. The molecule has 67 heavy (non-hydrogen) atoms. The highest BCUT2D eigenvalue weighted by atomic mass is 16.5. The van der Waals surface area contributed by atoms with E-state index in [4.69, 9.17) is 9.47 Å². The van der Waals surface area contributed by atoms with Gasteiger partial charge in [-0.3, -0.25) is 19.3 Å². The number of rotatable bonds is 18. The van der Waals surface area contributed by atoms with Crippen LogP contribution in [0.2, 0.25) is 0 Å². The predicted octanol–water partition coefficient (Wildman–Crippen LogP) is 5.51. The third kappa shape index (κ3) is 11.4. The summed E-state index contributed by atoms with van der Waals surface area (Å²) in [4.78, 5) is 56.7. The number of benzene rings is 5. The van der Waals surface area contributed by atoms with Crippen LogP contribution in [0.1, 0.15) is 75.5 Å². The zero-order chi connectivity index (χ0) is 46.9. The van der Waals surface area contributed by atoms with Gasteiger partial charge in [0.25, 0.3) is 11.8 Å². The number of aromatic amines is 1. The van der Waals surface area contributed by atoms with Gasteiger partial charge in [0.15, 0.2) is 6.61 Å². The Morgan fingerprint density at radius 2 is 1.55 bits per heavy atom. The second-order valence-corrected chi connectivity index (χ2v) is 17.7. The Morgan fingerprint density at radius 3 is 2.30 bits per heavy atom. The van der Waals surface area contributed by atoms with E-state index in [1.807, 2.05) is 43.3 Å². The molecule has 6 aromatic rings. The molecule has 2 fully saturated rings. The van der Waals surface area contributed by atoms with Crippen LogP contribution >= 0.6 is 0 Å². The van der Waals surface area contributed by atoms with Crippen molar-refractivity contribution in [2.75, 3.05) is 32.8 Å². The van der Waals surface area contributed by atoms with Gasteiger partial charge in [-0.1, -0.05) is 84.9 Å². The second kappa shape index (κ2) is 21.2. The summed E-state index contributed by atoms with van der Waals surface area (Å²) in [5, 5.41) is 43.0. The fourth-order valence-electron chi connectivity index (χ4n) is 8.92. The van der Waals surface area contributed by atoms with Crippen molar-refractivity contribution in [2.45, 2.75) is 69.5 Å². The first-order valence-electron chi connectivity index (χ1n) is 22.8. The minimum atomic E-state index is -2.11. The number of nitrogens with one attached hydrogen (secondary N) is 4. The zero-order valence-electron chi connectivity index (χ0n) is 37.5. The van der Waals surface area contributed by atoms with Crippen LogP contribution in [0.25, 0.3) is 10.9 Å². The molecule has 2 atom stereocenters. The molecule has 1 aromatic heterocycles. The monoisotopic (exact) mass is 907 g/mol. The van der Waals surface area contributed by atoms with Gasteiger partial charge in [0, 0.05) is 54.3 Å². The highest BCUT2D eigenvalue weighted by molar-refractivity contribution is 5.95. The lowest BCUT2D eigenvalue weighted by atomic mass is 9.86. The number of aromatic hydroxyl groups is 1. The lowest BCUT2D eigenvalue weighted by molar-refractivity contribution is -0.164. The van der Waals surface area contributed by atoms with E-state index in [2.05, 4.69) is 38.0 Å². The van der Waals surface area contributed by atoms with Crippen LogP contribution in [0.5, 0.6) is 11.5 Å². The molecule has 1 saturated carbocycles. The Labute approximate surface area is 389 Å². The van der Waals surface area contributed by atoms with E-state index in [-0.39, 0.29) is 72.0 Å². The number of ether oxygens (including phenoxy) is 2. The van der Waals surface area contributed by atoms with Crippen LogP contribution in [0.3, 0.4) is 0 Å². The number of aliphatic hydroxyl groups excluding tert-OH is 1. The molecule has 348 valence electrons. The summed E-state index contributed by atoms with van der Waals surface area (Å²) in [7, 11) is 0. The zero-order valence-corrected chi connectivity index (χ0v) is 37.5. The van der Waals surface area contributed by atoms with Crippen LogP contribution in [-0.2, 0) is 33.0 Å². The first-order chi connectivity index (χ1) is 32.4. The van der Waals surface area contributed by atoms with Crippen molar-refractivity contribution in [2.24, 2.45) is 5.92 Å². The van der Waals surface area contributed by atoms with Crippen molar-refractivity contribution < 1.29 is 39.2 Å². The summed E-state index contributed by atoms with van der Waals surface area (Å²) >= 11 is 0. The molecule has 8 rings (SSSR count). The fraction of sp³-hybridized carbons (Fsp3) is 0.321. The predicted molar refractivity (Wildman–Crippen MR) is 253 cm³/mol. The lowest BCUT2D eigenvalue weighted by Crippen LogP contribution is -2.54. The number of aliphatic hydroxyl groups is 2. The number of likely N-dealkylation sites (tertiary alicyclic amines) is 1. The highest BCUT2D eigenvalue weighted by Gasteiger charge is 2.42. The summed E-state index contributed by atoms with van der Waals surface area (Å²) in [5.74, 6) is -0.924. The van der Waals surface area contributed by atoms with Crippen molar-refractivity contribution in [3.8, 4) is 11.5 Å². The Hall–Kier alpha value is -6.84. The van der Waals surface area contributed by atoms with E-state index in [1.54, 1.807) is 66.7 Å². The van der Waals surface area contributed by atoms with Gasteiger partial charge in [-0.05, 0) is 116 Å². The number of phenols is 1. The van der Waals surface area contributed by atoms with Crippen molar-refractivity contribution in [3.63, 3.8) is 0 Å². The maximum Gasteiger partial charge on any atom is 0.347 e. The number of pyridine rings is 1. The average molecular weight is 908 g/mol. The molecule has 0 bridgehead atoms. The van der Waals surface area contributed by atoms with Crippen LogP contribution < -0.4 is 26.2 Å². The Kier molecular flexibility index (Phi) is 14.8. The molecule has 0 spiro atoms. The van der Waals surface area contributed by atoms with Crippen LogP contribution in [0, 0.1) is 12.8 Å². The SMILES string of the molecule is Cc1cc(C(=O)N[C@H]2C[C@H](NC(=O)COc3cccc([C@](O)(C(=O)OCC4CCN(Cc5ccccc5)CC4)c4ccccc4)c3)C2)ccc1CNC[C@H](O)c1ccc(O)c2[nH]c(=O)ccc12. The number of fused-ring (bicyclic) bond motifs is 1. The normalized spacial score (nSPS) is 17.7. The molecule has 2 aliphatic rings. The molecule has 1 aliphatic heterocycles. The van der Waals surface area contributed by atoms with E-state index >= 15 is 0 Å². The summed E-state index contributed by atoms with van der Waals surface area (Å²) < 4.78 is 11.7. The minimum Gasteiger partial charge on any atom is -0.506 e. The molecular weight excluding hydrogens is 851 g/mol. The first-order valence-corrected chi connectivity index (χ1v) is 22.8. The van der Waals surface area contributed by atoms with Gasteiger partial charge in [-0.2, -0.15) is 0 Å². The summed E-state index contributed by atoms with van der Waals surface area (Å²) in [5.41, 5.74) is 2.64. The lowest BCUT2D eigenvalue weighted by Gasteiger charge is -2.36. The quantitative estimate of drug-likeness (QED) is 0.0536. The number of aromatic nitrogens is 1. The second-order valence-electron chi connectivity index (χ2n) is 17.7. The largest absolute Gasteiger partial charge is 0.506 e. The molecule has 2 amide bonds. The number of carbonyl (C=O) groups excluding carboxylic acids is 3. The third-order valence-electron chi connectivity index (χ3n) is 12.9. The minimum absolute atomic E-state index is 0.0730. The number of aryl methyl sites for hydroxylation is 1. The van der Waals surface area contributed by atoms with Crippen molar-refractivity contribution >= 4 is 28.7 Å². The molecule has 1 saturated heterocycles. The van der Waals surface area contributed by atoms with E-state index < -0.39 is 17.7 Å². The van der Waals surface area contributed by atoms with Gasteiger partial charge in [-0.25, -0.2) is 4.79 Å². The van der Waals surface area contributed by atoms with E-state index in [0.29, 0.717) is 47.2 Å². The summed E-state index contributed by atoms with van der Waals surface area (Å²) in [6.45, 7) is 5.16. The molecule has 14 heteroatoms. The molecule has 14 nitrogen and oxygen atoms in total. The van der Waals surface area contributed by atoms with Gasteiger partial charge in [0.05, 0.1) is 18.2 Å². The average Bonchev–Trinajstić information content (AvgIpc) is 3.33. The van der Waals surface area contributed by atoms with Crippen LogP contribution in [0.4, 0.5) is 0 Å². The number of hydrogen-bond donors (Lipinski definition) is 7. The Morgan fingerprint density at radius 1 is 0.836 bits per heavy atom. The molecule has 1 aliphatic carbocycles. The molecule has 0 unspecified atom stereocenters. The van der Waals surface area contributed by atoms with Crippen molar-refractivity contribution in [3.05, 3.63) is 177 Å². The van der Waals surface area contributed by atoms with E-state index in [0.717, 1.165) is 43.6 Å². The van der Waals surface area contributed by atoms with Gasteiger partial charge in [0.2, 0.25) is 11.2 Å². The summed E-state index contributed by atoms with van der Waals surface area (Å²) in [6, 6.07) is 36.7. The Bertz CT molecular complexity index is 2740. The Balaban J connectivity index is 0.773. The van der Waals surface area contributed by atoms with Crippen LogP contribution in [-0.4, -0.2) is 87.9 Å². The maximum absolute atomic E-state index is 13.9. The number of amides is 2. The number of nitrogens with zero attached hydrogens (tertiary/aromatic N) is 1. The molecule has 7 N–H and O–H groups in total. The molecule has 5 aromatic carbocycles. The van der Waals surface area contributed by atoms with Gasteiger partial charge >= 0.3 is 5.97 Å². The van der Waals surface area contributed by atoms with E-state index in [9.17, 15) is 34.5 Å². The van der Waals surface area contributed by atoms with Gasteiger partial charge in [-0.15, -0.1) is 0 Å². The standard InChI is InChI=1S/C53H57N5O9/c1-34-25-37(15-16-38(34)29-54-30-47(60)44-17-19-46(59)50-45(44)18-20-48(61)57-50)51(63)56-42-27-41(28-42)55-49(62)33-66-43-14-8-13-40(26-43)53(65,39-11-6-3-7-12-39)52(64)67-32-36-21-23-58(24-22-36)31-35-9-4-2-5-10-35/h2-20,25-26,36,41-42,47,54,59-60,65H,21-24,27-33H2,1H3,(H,55,62)(H,56,63)(H,57,61)/t41-,42-,47-,53-/m0/s1. The van der Waals surface area contributed by atoms with E-state index in [1.165, 1.54) is 17.7 Å². The number of hydrogen-bond acceptors (Lipinski definition) is 11. The smallest absolute Gasteiger partial charge is 0.347 e. The van der Waals surface area contributed by atoms with Crippen LogP contribution in [0.15, 0.2) is 132 Å². The van der Waals surface area contributed by atoms with Crippen molar-refractivity contribution in [1.29, 1.82) is 0 Å². The number of piperidine rings is 1. The maximum atomic E-state index is 13.9. The first kappa shape index (κ1) is 46.7.